The Labute approximate surface area is 227 Å². The van der Waals surface area contributed by atoms with Crippen molar-refractivity contribution < 1.29 is 9.59 Å². The van der Waals surface area contributed by atoms with Crippen LogP contribution in [0.25, 0.3) is 16.6 Å². The van der Waals surface area contributed by atoms with Crippen molar-refractivity contribution in [3.63, 3.8) is 0 Å². The van der Waals surface area contributed by atoms with E-state index in [1.807, 2.05) is 42.5 Å². The van der Waals surface area contributed by atoms with E-state index in [-0.39, 0.29) is 28.4 Å². The first-order valence-electron chi connectivity index (χ1n) is 12.7. The van der Waals surface area contributed by atoms with E-state index < -0.39 is 17.4 Å². The van der Waals surface area contributed by atoms with Crippen LogP contribution >= 0.6 is 23.2 Å². The molecule has 3 saturated heterocycles. The molecular formula is C29H20Cl2N4O3. The van der Waals surface area contributed by atoms with Crippen LogP contribution in [-0.4, -0.2) is 38.9 Å². The summed E-state index contributed by atoms with van der Waals surface area (Å²) >= 11 is 12.8. The van der Waals surface area contributed by atoms with E-state index in [2.05, 4.69) is 4.90 Å². The SMILES string of the molecule is O=C1[C@H]2[C@H]3CCCN3[C@]3(c4ccccc4-n4c3nc3ccccc3c4=O)[C@H]2C(=O)N1c1cc(Cl)ccc1Cl. The standard InChI is InChI=1S/C29H20Cl2N4O3/c30-15-11-12-18(31)22(14-15)34-26(37)23-21-10-5-13-33(21)29(24(23)27(34)38)17-7-2-4-9-20(17)35-25(36)16-6-1-3-8-19(16)32-28(29)35/h1-4,6-9,11-12,14,21,23-24H,5,10,13H2/t21-,23+,24-,29-/m1/s1. The van der Waals surface area contributed by atoms with Crippen molar-refractivity contribution in [2.75, 3.05) is 11.4 Å². The Bertz CT molecular complexity index is 1800. The zero-order valence-electron chi connectivity index (χ0n) is 20.0. The molecule has 8 rings (SSSR count). The Kier molecular flexibility index (Phi) is 4.45. The van der Waals surface area contributed by atoms with Crippen LogP contribution in [0, 0.1) is 11.8 Å². The summed E-state index contributed by atoms with van der Waals surface area (Å²) < 4.78 is 1.65. The normalized spacial score (nSPS) is 27.3. The number of imide groups is 1. The largest absolute Gasteiger partial charge is 0.283 e. The fourth-order valence-electron chi connectivity index (χ4n) is 7.51. The quantitative estimate of drug-likeness (QED) is 0.330. The summed E-state index contributed by atoms with van der Waals surface area (Å²) in [5.74, 6) is -1.48. The number of hydrogen-bond acceptors (Lipinski definition) is 5. The van der Waals surface area contributed by atoms with Crippen LogP contribution < -0.4 is 10.5 Å². The van der Waals surface area contributed by atoms with Crippen molar-refractivity contribution >= 4 is 51.6 Å². The zero-order chi connectivity index (χ0) is 25.9. The van der Waals surface area contributed by atoms with Gasteiger partial charge < -0.3 is 0 Å². The molecule has 5 heterocycles. The molecule has 4 aliphatic heterocycles. The van der Waals surface area contributed by atoms with Crippen molar-refractivity contribution in [3.8, 4) is 5.69 Å². The van der Waals surface area contributed by atoms with E-state index in [0.717, 1.165) is 18.4 Å². The second-order valence-electron chi connectivity index (χ2n) is 10.4. The maximum Gasteiger partial charge on any atom is 0.266 e. The molecule has 1 aromatic heterocycles. The minimum absolute atomic E-state index is 0.164. The van der Waals surface area contributed by atoms with E-state index in [4.69, 9.17) is 28.2 Å². The number of carbonyl (C=O) groups is 2. The van der Waals surface area contributed by atoms with Crippen LogP contribution in [0.1, 0.15) is 24.2 Å². The second kappa shape index (κ2) is 7.53. The molecule has 0 radical (unpaired) electrons. The van der Waals surface area contributed by atoms with Crippen LogP contribution in [0.4, 0.5) is 5.69 Å². The molecule has 9 heteroatoms. The third-order valence-corrected chi connectivity index (χ3v) is 9.34. The van der Waals surface area contributed by atoms with Gasteiger partial charge in [0, 0.05) is 16.6 Å². The predicted molar refractivity (Wildman–Crippen MR) is 144 cm³/mol. The molecule has 7 nitrogen and oxygen atoms in total. The highest BCUT2D eigenvalue weighted by Crippen LogP contribution is 2.62. The average Bonchev–Trinajstić information content (AvgIpc) is 3.63. The molecular weight excluding hydrogens is 523 g/mol. The molecule has 188 valence electrons. The number of carbonyl (C=O) groups excluding carboxylic acids is 2. The summed E-state index contributed by atoms with van der Waals surface area (Å²) in [5, 5.41) is 1.17. The second-order valence-corrected chi connectivity index (χ2v) is 11.2. The van der Waals surface area contributed by atoms with Gasteiger partial charge in [0.25, 0.3) is 5.56 Å². The fraction of sp³-hybridized carbons (Fsp3) is 0.241. The maximum absolute atomic E-state index is 14.5. The van der Waals surface area contributed by atoms with Gasteiger partial charge in [-0.05, 0) is 55.8 Å². The Hall–Kier alpha value is -3.52. The van der Waals surface area contributed by atoms with Crippen molar-refractivity contribution in [2.24, 2.45) is 11.8 Å². The Balaban J connectivity index is 1.45. The summed E-state index contributed by atoms with van der Waals surface area (Å²) in [5.41, 5.74) is 1.16. The molecule has 2 amide bonds. The third-order valence-electron chi connectivity index (χ3n) is 8.79. The number of benzene rings is 3. The van der Waals surface area contributed by atoms with E-state index in [0.29, 0.717) is 39.7 Å². The summed E-state index contributed by atoms with van der Waals surface area (Å²) in [6.45, 7) is 0.702. The van der Waals surface area contributed by atoms with Gasteiger partial charge in [0.2, 0.25) is 11.8 Å². The minimum atomic E-state index is -1.06. The third kappa shape index (κ3) is 2.50. The van der Waals surface area contributed by atoms with Crippen LogP contribution in [0.3, 0.4) is 0 Å². The van der Waals surface area contributed by atoms with Crippen molar-refractivity contribution in [2.45, 2.75) is 24.4 Å². The first-order valence-corrected chi connectivity index (χ1v) is 13.4. The van der Waals surface area contributed by atoms with Crippen LogP contribution in [-0.2, 0) is 15.1 Å². The van der Waals surface area contributed by atoms with E-state index in [1.165, 1.54) is 4.90 Å². The van der Waals surface area contributed by atoms with Crippen LogP contribution in [0.15, 0.2) is 71.5 Å². The molecule has 0 aliphatic carbocycles. The lowest BCUT2D eigenvalue weighted by Crippen LogP contribution is -2.51. The summed E-state index contributed by atoms with van der Waals surface area (Å²) in [4.78, 5) is 51.1. The lowest BCUT2D eigenvalue weighted by molar-refractivity contribution is -0.124. The average molecular weight is 543 g/mol. The molecule has 1 spiro atoms. The number of fused-ring (bicyclic) bond motifs is 11. The highest BCUT2D eigenvalue weighted by molar-refractivity contribution is 6.38. The van der Waals surface area contributed by atoms with E-state index >= 15 is 0 Å². The number of halogens is 2. The molecule has 3 fully saturated rings. The Morgan fingerprint density at radius 1 is 0.895 bits per heavy atom. The van der Waals surface area contributed by atoms with E-state index in [1.54, 1.807) is 28.8 Å². The molecule has 38 heavy (non-hydrogen) atoms. The van der Waals surface area contributed by atoms with Crippen molar-refractivity contribution in [1.82, 2.24) is 14.5 Å². The van der Waals surface area contributed by atoms with Gasteiger partial charge in [-0.15, -0.1) is 0 Å². The number of anilines is 1. The zero-order valence-corrected chi connectivity index (χ0v) is 21.5. The maximum atomic E-state index is 14.5. The first kappa shape index (κ1) is 22.5. The van der Waals surface area contributed by atoms with Crippen molar-refractivity contribution in [1.29, 1.82) is 0 Å². The Morgan fingerprint density at radius 2 is 1.68 bits per heavy atom. The smallest absolute Gasteiger partial charge is 0.266 e. The Morgan fingerprint density at radius 3 is 2.55 bits per heavy atom. The van der Waals surface area contributed by atoms with E-state index in [9.17, 15) is 14.4 Å². The molecule has 3 aromatic carbocycles. The van der Waals surface area contributed by atoms with Gasteiger partial charge in [-0.1, -0.05) is 53.5 Å². The number of hydrogen-bond donors (Lipinski definition) is 0. The molecule has 0 N–H and O–H groups in total. The first-order chi connectivity index (χ1) is 18.4. The highest BCUT2D eigenvalue weighted by Gasteiger charge is 2.73. The van der Waals surface area contributed by atoms with Gasteiger partial charge in [0.15, 0.2) is 0 Å². The number of rotatable bonds is 1. The lowest BCUT2D eigenvalue weighted by Gasteiger charge is -2.38. The molecule has 4 aliphatic rings. The van der Waals surface area contributed by atoms with Crippen LogP contribution in [0.2, 0.25) is 10.0 Å². The summed E-state index contributed by atoms with van der Waals surface area (Å²) in [6, 6.07) is 19.6. The van der Waals surface area contributed by atoms with Crippen LogP contribution in [0.5, 0.6) is 0 Å². The number of aromatic nitrogens is 2. The number of para-hydroxylation sites is 2. The molecule has 0 saturated carbocycles. The summed E-state index contributed by atoms with van der Waals surface area (Å²) in [7, 11) is 0. The lowest BCUT2D eigenvalue weighted by atomic mass is 9.75. The predicted octanol–water partition coefficient (Wildman–Crippen LogP) is 4.53. The molecule has 4 aromatic rings. The molecule has 0 unspecified atom stereocenters. The summed E-state index contributed by atoms with van der Waals surface area (Å²) in [6.07, 6.45) is 1.66. The van der Waals surface area contributed by atoms with Gasteiger partial charge >= 0.3 is 0 Å². The van der Waals surface area contributed by atoms with Gasteiger partial charge in [-0.3, -0.25) is 23.9 Å². The minimum Gasteiger partial charge on any atom is -0.283 e. The molecule has 0 bridgehead atoms. The number of nitrogens with zero attached hydrogens (tertiary/aromatic N) is 4. The topological polar surface area (TPSA) is 75.5 Å². The van der Waals surface area contributed by atoms with Crippen molar-refractivity contribution in [3.05, 3.63) is 98.5 Å². The number of amides is 2. The fourth-order valence-corrected chi connectivity index (χ4v) is 7.88. The van der Waals surface area contributed by atoms with Gasteiger partial charge in [-0.25, -0.2) is 9.88 Å². The van der Waals surface area contributed by atoms with Gasteiger partial charge in [-0.2, -0.15) is 0 Å². The van der Waals surface area contributed by atoms with Gasteiger partial charge in [0.1, 0.15) is 11.4 Å². The molecule has 4 atom stereocenters. The van der Waals surface area contributed by atoms with Gasteiger partial charge in [0.05, 0.1) is 39.1 Å². The highest BCUT2D eigenvalue weighted by atomic mass is 35.5. The monoisotopic (exact) mass is 542 g/mol.